The van der Waals surface area contributed by atoms with E-state index in [0.717, 1.165) is 53.5 Å². The molecule has 6 aliphatic rings. The van der Waals surface area contributed by atoms with Crippen molar-refractivity contribution in [3.8, 4) is 34.8 Å². The first-order valence-electron chi connectivity index (χ1n) is 21.8. The molecule has 0 radical (unpaired) electrons. The Balaban J connectivity index is 1.21. The van der Waals surface area contributed by atoms with Crippen LogP contribution in [0.4, 0.5) is 0 Å². The van der Waals surface area contributed by atoms with Crippen molar-refractivity contribution >= 4 is 17.8 Å². The second-order valence-corrected chi connectivity index (χ2v) is 17.7. The van der Waals surface area contributed by atoms with Crippen molar-refractivity contribution in [3.63, 3.8) is 0 Å². The fraction of sp³-hybridized carbons (Fsp3) is 0.652. The normalized spacial score (nSPS) is 25.5. The molecule has 0 aromatic heterocycles. The van der Waals surface area contributed by atoms with Crippen molar-refractivity contribution in [2.45, 2.75) is 154 Å². The highest BCUT2D eigenvalue weighted by Crippen LogP contribution is 2.58. The second kappa shape index (κ2) is 17.1. The maximum Gasteiger partial charge on any atom is 0.311 e. The number of fused-ring (bicyclic) bond motifs is 9. The van der Waals surface area contributed by atoms with E-state index in [0.29, 0.717) is 71.8 Å². The third-order valence-electron chi connectivity index (χ3n) is 14.2. The average Bonchev–Trinajstić information content (AvgIpc) is 3.71. The van der Waals surface area contributed by atoms with Crippen LogP contribution in [0.5, 0.6) is 28.7 Å². The topological polar surface area (TPSA) is 140 Å². The zero-order valence-electron chi connectivity index (χ0n) is 35.0. The lowest BCUT2D eigenvalue weighted by Gasteiger charge is -2.60. The van der Waals surface area contributed by atoms with Gasteiger partial charge in [-0.05, 0) is 69.5 Å². The monoisotopic (exact) mass is 796 g/mol. The number of piperazine rings is 1. The van der Waals surface area contributed by atoms with Gasteiger partial charge < -0.3 is 29.0 Å². The zero-order chi connectivity index (χ0) is 40.7. The third-order valence-corrected chi connectivity index (χ3v) is 14.2. The fourth-order valence-electron chi connectivity index (χ4n) is 11.5. The van der Waals surface area contributed by atoms with Gasteiger partial charge in [-0.15, -0.1) is 0 Å². The highest BCUT2D eigenvalue weighted by molar-refractivity contribution is 5.77. The molecule has 2 aromatic rings. The number of rotatable bonds is 11. The van der Waals surface area contributed by atoms with E-state index in [2.05, 4.69) is 34.3 Å². The largest absolute Gasteiger partial charge is 0.493 e. The highest BCUT2D eigenvalue weighted by Gasteiger charge is 2.57. The molecule has 1 unspecified atom stereocenters. The number of methoxy groups -OCH3 is 1. The Morgan fingerprint density at radius 1 is 0.862 bits per heavy atom. The predicted molar refractivity (Wildman–Crippen MR) is 216 cm³/mol. The van der Waals surface area contributed by atoms with E-state index < -0.39 is 18.1 Å². The van der Waals surface area contributed by atoms with Crippen molar-refractivity contribution in [2.24, 2.45) is 11.8 Å². The number of amides is 1. The molecule has 1 amide bonds. The van der Waals surface area contributed by atoms with Gasteiger partial charge in [-0.1, -0.05) is 70.3 Å². The molecule has 12 heteroatoms. The summed E-state index contributed by atoms with van der Waals surface area (Å²) in [6, 6.07) is 2.82. The van der Waals surface area contributed by atoms with Crippen molar-refractivity contribution in [3.05, 3.63) is 39.4 Å². The highest BCUT2D eigenvalue weighted by atomic mass is 16.7. The van der Waals surface area contributed by atoms with Gasteiger partial charge >= 0.3 is 11.9 Å². The number of nitrogens with zero attached hydrogens (tertiary/aromatic N) is 3. The summed E-state index contributed by atoms with van der Waals surface area (Å²) >= 11 is 0. The minimum Gasteiger partial charge on any atom is -0.493 e. The maximum absolute atomic E-state index is 13.8. The molecule has 1 saturated heterocycles. The zero-order valence-corrected chi connectivity index (χ0v) is 35.0. The molecule has 8 rings (SSSR count). The number of hydrogen-bond acceptors (Lipinski definition) is 11. The number of likely N-dealkylation sites (N-methyl/N-ethyl adjacent to an activating group) is 1. The Morgan fingerprint density at radius 3 is 2.19 bits per heavy atom. The average molecular weight is 797 g/mol. The molecule has 12 nitrogen and oxygen atoms in total. The van der Waals surface area contributed by atoms with E-state index in [1.807, 2.05) is 13.8 Å². The number of aryl methyl sites for hydroxylation is 1. The van der Waals surface area contributed by atoms with E-state index in [9.17, 15) is 19.6 Å². The summed E-state index contributed by atoms with van der Waals surface area (Å²) in [4.78, 5) is 44.8. The van der Waals surface area contributed by atoms with Gasteiger partial charge in [0, 0.05) is 60.6 Å². The van der Waals surface area contributed by atoms with Crippen LogP contribution in [0, 0.1) is 37.0 Å². The fourth-order valence-corrected chi connectivity index (χ4v) is 11.5. The smallest absolute Gasteiger partial charge is 0.311 e. The Bertz CT molecular complexity index is 1960. The summed E-state index contributed by atoms with van der Waals surface area (Å²) in [7, 11) is 3.67. The van der Waals surface area contributed by atoms with Gasteiger partial charge in [-0.2, -0.15) is 5.26 Å². The summed E-state index contributed by atoms with van der Waals surface area (Å²) in [6.07, 6.45) is 15.4. The Morgan fingerprint density at radius 2 is 1.53 bits per heavy atom. The molecule has 3 fully saturated rings. The summed E-state index contributed by atoms with van der Waals surface area (Å²) in [5.41, 5.74) is 5.01. The number of ether oxygens (including phenoxy) is 5. The minimum absolute atomic E-state index is 0.00763. The van der Waals surface area contributed by atoms with Crippen LogP contribution in [0.2, 0.25) is 0 Å². The van der Waals surface area contributed by atoms with Crippen LogP contribution in [-0.2, 0) is 27.2 Å². The van der Waals surface area contributed by atoms with Crippen LogP contribution in [0.1, 0.15) is 142 Å². The van der Waals surface area contributed by atoms with Crippen LogP contribution in [0.25, 0.3) is 0 Å². The quantitative estimate of drug-likeness (QED) is 0.179. The van der Waals surface area contributed by atoms with Gasteiger partial charge in [0.05, 0.1) is 25.3 Å². The molecule has 312 valence electrons. The summed E-state index contributed by atoms with van der Waals surface area (Å²) in [6.45, 7) is 5.46. The number of benzene rings is 2. The molecule has 0 spiro atoms. The number of nitriles is 1. The molecule has 4 heterocycles. The first-order valence-corrected chi connectivity index (χ1v) is 21.8. The number of carbonyl (C=O) groups is 3. The molecule has 1 N–H and O–H groups in total. The van der Waals surface area contributed by atoms with Crippen LogP contribution in [-0.4, -0.2) is 73.3 Å². The van der Waals surface area contributed by atoms with E-state index in [1.54, 1.807) is 7.11 Å². The van der Waals surface area contributed by atoms with Crippen molar-refractivity contribution in [2.75, 3.05) is 27.5 Å². The molecule has 2 saturated carbocycles. The molecule has 2 aliphatic carbocycles. The maximum atomic E-state index is 13.8. The number of esters is 2. The molecule has 5 atom stereocenters. The predicted octanol–water partition coefficient (Wildman–Crippen LogP) is 7.48. The lowest BCUT2D eigenvalue weighted by atomic mass is 9.71. The second-order valence-electron chi connectivity index (χ2n) is 17.7. The van der Waals surface area contributed by atoms with E-state index in [1.165, 1.54) is 58.3 Å². The molecular formula is C46H60N4O8. The Hall–Kier alpha value is -4.34. The third kappa shape index (κ3) is 7.53. The minimum atomic E-state index is -0.572. The standard InChI is InChI=1S/C46H60N4O8/c1-26-20-31-21-33-35(23-47)50-34(41(49(33)4)39(31)46(42(26)54-5)58-38(53)19-17-30-14-10-7-11-15-30)22-32-40(45-44(55-25-56-45)27(2)43(32)57-28(3)51)36(50)24-48-37(52)18-16-29-12-8-6-9-13-29/h20,29-30,33-36,41H,6-19,21-22,24-25H2,1-5H3,(H,48,52)/t33-,34?,35-,36-,41-/m0/s1. The van der Waals surface area contributed by atoms with Gasteiger partial charge in [-0.25, -0.2) is 0 Å². The summed E-state index contributed by atoms with van der Waals surface area (Å²) in [5.74, 6) is 2.82. The Labute approximate surface area is 342 Å². The molecular weight excluding hydrogens is 737 g/mol. The number of hydrogen-bond donors (Lipinski definition) is 1. The Kier molecular flexibility index (Phi) is 11.9. The van der Waals surface area contributed by atoms with E-state index >= 15 is 0 Å². The lowest BCUT2D eigenvalue weighted by molar-refractivity contribution is -0.135. The number of nitrogens with one attached hydrogen (secondary N) is 1. The van der Waals surface area contributed by atoms with Gasteiger partial charge in [0.15, 0.2) is 23.0 Å². The molecule has 58 heavy (non-hydrogen) atoms. The number of carbonyl (C=O) groups excluding carboxylic acids is 3. The SMILES string of the molecule is COc1c(C)cc2c(c1OC(=O)CCC1CCCCC1)[C@@H]1C3Cc4c(OC(C)=O)c(C)c5c(c4[C@H](CNC(=O)CCC4CCCCC4)N3[C@@H](C#N)[C@H](C2)N1C)OCO5. The van der Waals surface area contributed by atoms with E-state index in [4.69, 9.17) is 23.7 Å². The van der Waals surface area contributed by atoms with Crippen molar-refractivity contribution in [1.82, 2.24) is 15.1 Å². The first kappa shape index (κ1) is 40.4. The van der Waals surface area contributed by atoms with Crippen LogP contribution < -0.4 is 29.0 Å². The van der Waals surface area contributed by atoms with Crippen molar-refractivity contribution < 1.29 is 38.1 Å². The lowest BCUT2D eigenvalue weighted by Crippen LogP contribution is -2.68. The molecule has 2 bridgehead atoms. The van der Waals surface area contributed by atoms with Crippen LogP contribution >= 0.6 is 0 Å². The van der Waals surface area contributed by atoms with E-state index in [-0.39, 0.29) is 43.3 Å². The van der Waals surface area contributed by atoms with Gasteiger partial charge in [0.25, 0.3) is 0 Å². The summed E-state index contributed by atoms with van der Waals surface area (Å²) < 4.78 is 30.8. The van der Waals surface area contributed by atoms with Crippen molar-refractivity contribution in [1.29, 1.82) is 5.26 Å². The van der Waals surface area contributed by atoms with Gasteiger partial charge in [0.2, 0.25) is 12.7 Å². The molecule has 4 aliphatic heterocycles. The molecule has 2 aromatic carbocycles. The first-order chi connectivity index (χ1) is 28.1. The van der Waals surface area contributed by atoms with Crippen LogP contribution in [0.3, 0.4) is 0 Å². The van der Waals surface area contributed by atoms with Crippen LogP contribution in [0.15, 0.2) is 6.07 Å². The summed E-state index contributed by atoms with van der Waals surface area (Å²) in [5, 5.41) is 14.4. The van der Waals surface area contributed by atoms with Gasteiger partial charge in [0.1, 0.15) is 11.8 Å². The van der Waals surface area contributed by atoms with Gasteiger partial charge in [-0.3, -0.25) is 24.2 Å².